The van der Waals surface area contributed by atoms with Gasteiger partial charge in [-0.05, 0) is 23.8 Å². The van der Waals surface area contributed by atoms with Crippen LogP contribution < -0.4 is 0 Å². The molecule has 0 aliphatic heterocycles. The van der Waals surface area contributed by atoms with Gasteiger partial charge in [0.2, 0.25) is 0 Å². The van der Waals surface area contributed by atoms with Crippen molar-refractivity contribution in [2.75, 3.05) is 0 Å². The Balaban J connectivity index is 2.32. The van der Waals surface area contributed by atoms with E-state index in [1.165, 1.54) is 30.4 Å². The number of carbonyl (C=O) groups excluding carboxylic acids is 1. The lowest BCUT2D eigenvalue weighted by molar-refractivity contribution is -0.137. The van der Waals surface area contributed by atoms with Gasteiger partial charge in [-0.3, -0.25) is 4.79 Å². The second kappa shape index (κ2) is 5.83. The molecule has 1 N–H and O–H groups in total. The number of aromatic hydroxyl groups is 1. The molecule has 2 nitrogen and oxygen atoms in total. The molecule has 108 valence electrons. The van der Waals surface area contributed by atoms with Crippen LogP contribution in [0.25, 0.3) is 12.2 Å². The van der Waals surface area contributed by atoms with Crippen molar-refractivity contribution in [3.63, 3.8) is 0 Å². The molecule has 2 rings (SSSR count). The van der Waals surface area contributed by atoms with E-state index < -0.39 is 11.7 Å². The standard InChI is InChI=1S/C16H11F3O2/c17-16(18,19)14-6-1-3-11(9-14)7-8-12-4-2-5-13(10-20)15(12)21/h1-10,21H/b8-7+. The monoisotopic (exact) mass is 292 g/mol. The molecule has 0 bridgehead atoms. The Labute approximate surface area is 119 Å². The maximum absolute atomic E-state index is 12.6. The van der Waals surface area contributed by atoms with Gasteiger partial charge >= 0.3 is 6.18 Å². The number of halogens is 3. The highest BCUT2D eigenvalue weighted by Crippen LogP contribution is 2.30. The molecular weight excluding hydrogens is 281 g/mol. The number of phenols is 1. The van der Waals surface area contributed by atoms with Crippen LogP contribution >= 0.6 is 0 Å². The maximum atomic E-state index is 12.6. The number of hydrogen-bond donors (Lipinski definition) is 1. The Morgan fingerprint density at radius 2 is 1.62 bits per heavy atom. The van der Waals surface area contributed by atoms with Gasteiger partial charge in [-0.15, -0.1) is 0 Å². The summed E-state index contributed by atoms with van der Waals surface area (Å²) >= 11 is 0. The second-order valence-electron chi connectivity index (χ2n) is 4.36. The van der Waals surface area contributed by atoms with Gasteiger partial charge in [-0.1, -0.05) is 36.4 Å². The molecule has 0 amide bonds. The number of alkyl halides is 3. The summed E-state index contributed by atoms with van der Waals surface area (Å²) in [6, 6.07) is 9.42. The van der Waals surface area contributed by atoms with Crippen LogP contribution in [-0.4, -0.2) is 11.4 Å². The third-order valence-electron chi connectivity index (χ3n) is 2.89. The smallest absolute Gasteiger partial charge is 0.416 e. The number of carbonyl (C=O) groups is 1. The average Bonchev–Trinajstić information content (AvgIpc) is 2.45. The number of hydrogen-bond acceptors (Lipinski definition) is 2. The minimum absolute atomic E-state index is 0.126. The summed E-state index contributed by atoms with van der Waals surface area (Å²) in [5, 5.41) is 9.79. The molecule has 0 atom stereocenters. The number of para-hydroxylation sites is 1. The third kappa shape index (κ3) is 3.51. The largest absolute Gasteiger partial charge is 0.507 e. The molecule has 0 radical (unpaired) electrons. The molecular formula is C16H11F3O2. The van der Waals surface area contributed by atoms with Gasteiger partial charge in [0.15, 0.2) is 6.29 Å². The van der Waals surface area contributed by atoms with E-state index in [0.717, 1.165) is 12.1 Å². The minimum Gasteiger partial charge on any atom is -0.507 e. The van der Waals surface area contributed by atoms with Crippen LogP contribution in [0.4, 0.5) is 13.2 Å². The van der Waals surface area contributed by atoms with Crippen molar-refractivity contribution in [3.8, 4) is 5.75 Å². The Bertz CT molecular complexity index is 688. The van der Waals surface area contributed by atoms with Gasteiger partial charge in [0, 0.05) is 5.56 Å². The van der Waals surface area contributed by atoms with Crippen LogP contribution in [0.3, 0.4) is 0 Å². The second-order valence-corrected chi connectivity index (χ2v) is 4.36. The van der Waals surface area contributed by atoms with E-state index >= 15 is 0 Å². The van der Waals surface area contributed by atoms with Crippen LogP contribution in [0.15, 0.2) is 42.5 Å². The topological polar surface area (TPSA) is 37.3 Å². The van der Waals surface area contributed by atoms with Crippen LogP contribution in [0, 0.1) is 0 Å². The van der Waals surface area contributed by atoms with Crippen molar-refractivity contribution in [2.24, 2.45) is 0 Å². The van der Waals surface area contributed by atoms with E-state index in [4.69, 9.17) is 0 Å². The van der Waals surface area contributed by atoms with Crippen LogP contribution in [0.5, 0.6) is 5.75 Å². The lowest BCUT2D eigenvalue weighted by atomic mass is 10.1. The molecule has 0 heterocycles. The van der Waals surface area contributed by atoms with Crippen molar-refractivity contribution >= 4 is 18.4 Å². The zero-order chi connectivity index (χ0) is 15.5. The van der Waals surface area contributed by atoms with E-state index in [1.54, 1.807) is 12.1 Å². The Morgan fingerprint density at radius 1 is 0.952 bits per heavy atom. The first kappa shape index (κ1) is 14.8. The van der Waals surface area contributed by atoms with E-state index in [2.05, 4.69) is 0 Å². The van der Waals surface area contributed by atoms with E-state index in [1.807, 2.05) is 0 Å². The number of phenolic OH excluding ortho intramolecular Hbond substituents is 1. The van der Waals surface area contributed by atoms with Gasteiger partial charge in [-0.2, -0.15) is 13.2 Å². The van der Waals surface area contributed by atoms with E-state index in [-0.39, 0.29) is 11.3 Å². The molecule has 0 aromatic heterocycles. The molecule has 0 aliphatic rings. The predicted molar refractivity (Wildman–Crippen MR) is 73.9 cm³/mol. The van der Waals surface area contributed by atoms with Gasteiger partial charge in [0.1, 0.15) is 5.75 Å². The maximum Gasteiger partial charge on any atom is 0.416 e. The molecule has 0 saturated carbocycles. The zero-order valence-corrected chi connectivity index (χ0v) is 10.8. The lowest BCUT2D eigenvalue weighted by Crippen LogP contribution is -2.04. The average molecular weight is 292 g/mol. The molecule has 0 unspecified atom stereocenters. The number of benzene rings is 2. The number of rotatable bonds is 3. The van der Waals surface area contributed by atoms with E-state index in [0.29, 0.717) is 17.4 Å². The highest BCUT2D eigenvalue weighted by atomic mass is 19.4. The quantitative estimate of drug-likeness (QED) is 0.672. The fourth-order valence-electron chi connectivity index (χ4n) is 1.81. The summed E-state index contributed by atoms with van der Waals surface area (Å²) in [6.07, 6.45) is -0.989. The van der Waals surface area contributed by atoms with Gasteiger partial charge in [-0.25, -0.2) is 0 Å². The van der Waals surface area contributed by atoms with Crippen LogP contribution in [-0.2, 0) is 6.18 Å². The number of aldehydes is 1. The third-order valence-corrected chi connectivity index (χ3v) is 2.89. The first-order chi connectivity index (χ1) is 9.91. The predicted octanol–water partition coefficient (Wildman–Crippen LogP) is 4.39. The molecule has 0 spiro atoms. The van der Waals surface area contributed by atoms with Crippen LogP contribution in [0.1, 0.15) is 27.0 Å². The first-order valence-electron chi connectivity index (χ1n) is 6.04. The molecule has 21 heavy (non-hydrogen) atoms. The van der Waals surface area contributed by atoms with Crippen LogP contribution in [0.2, 0.25) is 0 Å². The molecule has 0 saturated heterocycles. The Kier molecular flexibility index (Phi) is 4.12. The summed E-state index contributed by atoms with van der Waals surface area (Å²) in [7, 11) is 0. The summed E-state index contributed by atoms with van der Waals surface area (Å²) in [5.41, 5.74) is 0.0921. The Hall–Kier alpha value is -2.56. The van der Waals surface area contributed by atoms with Crippen molar-refractivity contribution < 1.29 is 23.1 Å². The fourth-order valence-corrected chi connectivity index (χ4v) is 1.81. The summed E-state index contributed by atoms with van der Waals surface area (Å²) in [4.78, 5) is 10.7. The molecule has 0 fully saturated rings. The highest BCUT2D eigenvalue weighted by molar-refractivity contribution is 5.84. The SMILES string of the molecule is O=Cc1cccc(/C=C/c2cccc(C(F)(F)F)c2)c1O. The molecule has 2 aromatic carbocycles. The van der Waals surface area contributed by atoms with Crippen molar-refractivity contribution in [2.45, 2.75) is 6.18 Å². The van der Waals surface area contributed by atoms with E-state index in [9.17, 15) is 23.1 Å². The fraction of sp³-hybridized carbons (Fsp3) is 0.0625. The van der Waals surface area contributed by atoms with Gasteiger partial charge in [0.25, 0.3) is 0 Å². The minimum atomic E-state index is -4.40. The normalized spacial score (nSPS) is 11.8. The van der Waals surface area contributed by atoms with Crippen molar-refractivity contribution in [1.29, 1.82) is 0 Å². The van der Waals surface area contributed by atoms with Crippen molar-refractivity contribution in [3.05, 3.63) is 64.7 Å². The molecule has 2 aromatic rings. The summed E-state index contributed by atoms with van der Waals surface area (Å²) < 4.78 is 37.8. The van der Waals surface area contributed by atoms with Crippen molar-refractivity contribution in [1.82, 2.24) is 0 Å². The van der Waals surface area contributed by atoms with Gasteiger partial charge < -0.3 is 5.11 Å². The Morgan fingerprint density at radius 3 is 2.29 bits per heavy atom. The zero-order valence-electron chi connectivity index (χ0n) is 10.8. The molecule has 5 heteroatoms. The van der Waals surface area contributed by atoms with Gasteiger partial charge in [0.05, 0.1) is 11.1 Å². The first-order valence-corrected chi connectivity index (χ1v) is 6.04. The summed E-state index contributed by atoms with van der Waals surface area (Å²) in [5.74, 6) is -0.198. The highest BCUT2D eigenvalue weighted by Gasteiger charge is 2.30. The molecule has 0 aliphatic carbocycles. The lowest BCUT2D eigenvalue weighted by Gasteiger charge is -2.07. The summed E-state index contributed by atoms with van der Waals surface area (Å²) in [6.45, 7) is 0.